The fourth-order valence-electron chi connectivity index (χ4n) is 2.67. The molecule has 112 valence electrons. The first-order chi connectivity index (χ1) is 10.2. The Morgan fingerprint density at radius 1 is 1.14 bits per heavy atom. The summed E-state index contributed by atoms with van der Waals surface area (Å²) in [7, 11) is 0. The SMILES string of the molecule is Cc1ccc(C(C)Nc2ccccc2N2CCOCC2)s1. The second-order valence-corrected chi connectivity index (χ2v) is 6.75. The average Bonchev–Trinajstić information content (AvgIpc) is 2.95. The topological polar surface area (TPSA) is 24.5 Å². The Labute approximate surface area is 130 Å². The minimum Gasteiger partial charge on any atom is -0.378 e. The molecule has 1 unspecified atom stereocenters. The molecule has 3 nitrogen and oxygen atoms in total. The molecule has 1 fully saturated rings. The van der Waals surface area contributed by atoms with Crippen LogP contribution in [0.2, 0.25) is 0 Å². The van der Waals surface area contributed by atoms with Crippen LogP contribution in [-0.4, -0.2) is 26.3 Å². The molecule has 2 aromatic rings. The van der Waals surface area contributed by atoms with Gasteiger partial charge in [0.1, 0.15) is 0 Å². The second kappa shape index (κ2) is 6.50. The molecule has 1 aliphatic heterocycles. The summed E-state index contributed by atoms with van der Waals surface area (Å²) in [5.74, 6) is 0. The number of para-hydroxylation sites is 2. The summed E-state index contributed by atoms with van der Waals surface area (Å²) in [5, 5.41) is 3.67. The predicted octanol–water partition coefficient (Wildman–Crippen LogP) is 4.07. The maximum atomic E-state index is 5.45. The Morgan fingerprint density at radius 2 is 1.90 bits per heavy atom. The predicted molar refractivity (Wildman–Crippen MR) is 90.6 cm³/mol. The van der Waals surface area contributed by atoms with E-state index in [0.29, 0.717) is 6.04 Å². The fraction of sp³-hybridized carbons (Fsp3) is 0.412. The van der Waals surface area contributed by atoms with Gasteiger partial charge in [-0.05, 0) is 38.1 Å². The van der Waals surface area contributed by atoms with Crippen molar-refractivity contribution in [3.63, 3.8) is 0 Å². The highest BCUT2D eigenvalue weighted by atomic mass is 32.1. The quantitative estimate of drug-likeness (QED) is 0.921. The van der Waals surface area contributed by atoms with Crippen molar-refractivity contribution >= 4 is 22.7 Å². The van der Waals surface area contributed by atoms with Gasteiger partial charge in [-0.3, -0.25) is 0 Å². The summed E-state index contributed by atoms with van der Waals surface area (Å²) in [5.41, 5.74) is 2.49. The molecule has 2 heterocycles. The number of nitrogens with zero attached hydrogens (tertiary/aromatic N) is 1. The third kappa shape index (κ3) is 3.39. The second-order valence-electron chi connectivity index (χ2n) is 5.43. The molecule has 4 heteroatoms. The third-order valence-corrected chi connectivity index (χ3v) is 5.00. The third-order valence-electron chi connectivity index (χ3n) is 3.82. The van der Waals surface area contributed by atoms with E-state index in [2.05, 4.69) is 60.5 Å². The maximum Gasteiger partial charge on any atom is 0.0642 e. The number of anilines is 2. The molecule has 0 bridgehead atoms. The van der Waals surface area contributed by atoms with Gasteiger partial charge in [0, 0.05) is 22.8 Å². The first-order valence-corrected chi connectivity index (χ1v) is 8.30. The number of aryl methyl sites for hydroxylation is 1. The minimum absolute atomic E-state index is 0.325. The lowest BCUT2D eigenvalue weighted by Gasteiger charge is -2.31. The molecule has 0 aliphatic carbocycles. The van der Waals surface area contributed by atoms with Crippen LogP contribution in [-0.2, 0) is 4.74 Å². The molecule has 1 atom stereocenters. The van der Waals surface area contributed by atoms with E-state index in [9.17, 15) is 0 Å². The Balaban J connectivity index is 1.78. The summed E-state index contributed by atoms with van der Waals surface area (Å²) in [6, 6.07) is 13.3. The van der Waals surface area contributed by atoms with E-state index in [1.807, 2.05) is 11.3 Å². The van der Waals surface area contributed by atoms with E-state index < -0.39 is 0 Å². The van der Waals surface area contributed by atoms with Crippen LogP contribution in [0.3, 0.4) is 0 Å². The molecule has 1 aromatic heterocycles. The van der Waals surface area contributed by atoms with Crippen molar-refractivity contribution in [2.75, 3.05) is 36.5 Å². The molecule has 0 radical (unpaired) electrons. The summed E-state index contributed by atoms with van der Waals surface area (Å²) in [6.07, 6.45) is 0. The Hall–Kier alpha value is -1.52. The largest absolute Gasteiger partial charge is 0.378 e. The van der Waals surface area contributed by atoms with Crippen LogP contribution in [0.25, 0.3) is 0 Å². The number of morpholine rings is 1. The van der Waals surface area contributed by atoms with Gasteiger partial charge in [-0.1, -0.05) is 12.1 Å². The van der Waals surface area contributed by atoms with Crippen molar-refractivity contribution in [1.29, 1.82) is 0 Å². The van der Waals surface area contributed by atoms with Gasteiger partial charge >= 0.3 is 0 Å². The number of benzene rings is 1. The molecule has 0 spiro atoms. The molecule has 3 rings (SSSR count). The molecule has 0 amide bonds. The Kier molecular flexibility index (Phi) is 4.46. The average molecular weight is 302 g/mol. The summed E-state index contributed by atoms with van der Waals surface area (Å²) in [4.78, 5) is 5.14. The van der Waals surface area contributed by atoms with E-state index in [0.717, 1.165) is 26.3 Å². The van der Waals surface area contributed by atoms with Crippen molar-refractivity contribution in [2.45, 2.75) is 19.9 Å². The van der Waals surface area contributed by atoms with Crippen molar-refractivity contribution in [3.8, 4) is 0 Å². The van der Waals surface area contributed by atoms with Crippen molar-refractivity contribution < 1.29 is 4.74 Å². The molecular weight excluding hydrogens is 280 g/mol. The molecule has 1 N–H and O–H groups in total. The minimum atomic E-state index is 0.325. The zero-order chi connectivity index (χ0) is 14.7. The number of hydrogen-bond acceptors (Lipinski definition) is 4. The normalized spacial score (nSPS) is 16.8. The van der Waals surface area contributed by atoms with Crippen LogP contribution in [0, 0.1) is 6.92 Å². The molecule has 21 heavy (non-hydrogen) atoms. The zero-order valence-electron chi connectivity index (χ0n) is 12.6. The van der Waals surface area contributed by atoms with Gasteiger partial charge < -0.3 is 15.0 Å². The van der Waals surface area contributed by atoms with E-state index in [4.69, 9.17) is 4.74 Å². The number of ether oxygens (including phenoxy) is 1. The first kappa shape index (κ1) is 14.4. The van der Waals surface area contributed by atoms with Crippen LogP contribution < -0.4 is 10.2 Å². The molecule has 1 saturated heterocycles. The number of rotatable bonds is 4. The lowest BCUT2D eigenvalue weighted by Crippen LogP contribution is -2.36. The van der Waals surface area contributed by atoms with Gasteiger partial charge in [-0.2, -0.15) is 0 Å². The monoisotopic (exact) mass is 302 g/mol. The molecule has 1 aliphatic rings. The number of thiophene rings is 1. The standard InChI is InChI=1S/C17H22N2OS/c1-13-7-8-17(21-13)14(2)18-15-5-3-4-6-16(15)19-9-11-20-12-10-19/h3-8,14,18H,9-12H2,1-2H3. The fourth-order valence-corrected chi connectivity index (χ4v) is 3.55. The number of nitrogens with one attached hydrogen (secondary N) is 1. The smallest absolute Gasteiger partial charge is 0.0642 e. The molecular formula is C17H22N2OS. The maximum absolute atomic E-state index is 5.45. The van der Waals surface area contributed by atoms with E-state index >= 15 is 0 Å². The summed E-state index contributed by atoms with van der Waals surface area (Å²) >= 11 is 1.86. The lowest BCUT2D eigenvalue weighted by atomic mass is 10.2. The lowest BCUT2D eigenvalue weighted by molar-refractivity contribution is 0.123. The van der Waals surface area contributed by atoms with Gasteiger partial charge in [-0.25, -0.2) is 0 Å². The summed E-state index contributed by atoms with van der Waals surface area (Å²) < 4.78 is 5.45. The van der Waals surface area contributed by atoms with Gasteiger partial charge in [0.2, 0.25) is 0 Å². The highest BCUT2D eigenvalue weighted by molar-refractivity contribution is 7.12. The Bertz CT molecular complexity index is 590. The van der Waals surface area contributed by atoms with E-state index in [-0.39, 0.29) is 0 Å². The van der Waals surface area contributed by atoms with Crippen LogP contribution in [0.5, 0.6) is 0 Å². The van der Waals surface area contributed by atoms with E-state index in [1.54, 1.807) is 0 Å². The zero-order valence-corrected chi connectivity index (χ0v) is 13.5. The van der Waals surface area contributed by atoms with Gasteiger partial charge in [0.25, 0.3) is 0 Å². The summed E-state index contributed by atoms with van der Waals surface area (Å²) in [6.45, 7) is 7.93. The van der Waals surface area contributed by atoms with Crippen LogP contribution in [0.1, 0.15) is 22.7 Å². The molecule has 0 saturated carbocycles. The first-order valence-electron chi connectivity index (χ1n) is 7.48. The van der Waals surface area contributed by atoms with Gasteiger partial charge in [-0.15, -0.1) is 11.3 Å². The highest BCUT2D eigenvalue weighted by Crippen LogP contribution is 2.31. The van der Waals surface area contributed by atoms with Crippen LogP contribution >= 0.6 is 11.3 Å². The Morgan fingerprint density at radius 3 is 2.62 bits per heavy atom. The highest BCUT2D eigenvalue weighted by Gasteiger charge is 2.16. The van der Waals surface area contributed by atoms with E-state index in [1.165, 1.54) is 21.1 Å². The van der Waals surface area contributed by atoms with Crippen LogP contribution in [0.4, 0.5) is 11.4 Å². The van der Waals surface area contributed by atoms with Crippen molar-refractivity contribution in [1.82, 2.24) is 0 Å². The molecule has 1 aromatic carbocycles. The van der Waals surface area contributed by atoms with Crippen LogP contribution in [0.15, 0.2) is 36.4 Å². The number of hydrogen-bond donors (Lipinski definition) is 1. The van der Waals surface area contributed by atoms with Crippen molar-refractivity contribution in [3.05, 3.63) is 46.2 Å². The van der Waals surface area contributed by atoms with Gasteiger partial charge in [0.15, 0.2) is 0 Å². The van der Waals surface area contributed by atoms with Crippen molar-refractivity contribution in [2.24, 2.45) is 0 Å². The van der Waals surface area contributed by atoms with Gasteiger partial charge in [0.05, 0.1) is 30.6 Å².